The molecule has 4 atom stereocenters. The average molecular weight is 560 g/mol. The Bertz CT molecular complexity index is 1400. The third-order valence-corrected chi connectivity index (χ3v) is 9.50. The van der Waals surface area contributed by atoms with Crippen LogP contribution in [0.15, 0.2) is 55.0 Å². The summed E-state index contributed by atoms with van der Waals surface area (Å²) in [6, 6.07) is 11.9. The van der Waals surface area contributed by atoms with Gasteiger partial charge in [0.15, 0.2) is 0 Å². The third-order valence-electron chi connectivity index (χ3n) is 9.25. The number of aryl methyl sites for hydroxylation is 2. The Hall–Kier alpha value is -2.87. The zero-order valence-electron chi connectivity index (χ0n) is 21.6. The molecule has 2 aliphatic heterocycles. The number of hydrogen-bond donors (Lipinski definition) is 0. The van der Waals surface area contributed by atoms with Gasteiger partial charge in [-0.25, -0.2) is 9.37 Å². The van der Waals surface area contributed by atoms with E-state index in [4.69, 9.17) is 11.6 Å². The number of nitrogens with zero attached hydrogens (tertiary/aromatic N) is 3. The van der Waals surface area contributed by atoms with E-state index < -0.39 is 17.3 Å². The highest BCUT2D eigenvalue weighted by Crippen LogP contribution is 2.51. The highest BCUT2D eigenvalue weighted by Gasteiger charge is 2.56. The van der Waals surface area contributed by atoms with E-state index in [9.17, 15) is 22.4 Å². The number of likely N-dealkylation sites (tertiary alicyclic amines) is 1. The highest BCUT2D eigenvalue weighted by molar-refractivity contribution is 6.30. The molecule has 0 radical (unpaired) electrons. The number of benzene rings is 2. The first-order valence-electron chi connectivity index (χ1n) is 13.4. The zero-order chi connectivity index (χ0) is 27.6. The molecule has 1 amide bonds. The summed E-state index contributed by atoms with van der Waals surface area (Å²) in [6.45, 7) is 1.76. The van der Waals surface area contributed by atoms with Gasteiger partial charge in [-0.05, 0) is 79.8 Å². The first-order valence-corrected chi connectivity index (χ1v) is 13.8. The van der Waals surface area contributed by atoms with Gasteiger partial charge in [-0.3, -0.25) is 4.79 Å². The van der Waals surface area contributed by atoms with Gasteiger partial charge in [-0.1, -0.05) is 41.9 Å². The Morgan fingerprint density at radius 2 is 1.87 bits per heavy atom. The molecule has 0 saturated carbocycles. The van der Waals surface area contributed by atoms with Gasteiger partial charge < -0.3 is 9.47 Å². The van der Waals surface area contributed by atoms with Crippen molar-refractivity contribution in [3.8, 4) is 0 Å². The number of imidazole rings is 1. The topological polar surface area (TPSA) is 38.1 Å². The Morgan fingerprint density at radius 3 is 2.62 bits per heavy atom. The fraction of sp³-hybridized carbons (Fsp3) is 0.467. The second-order valence-electron chi connectivity index (χ2n) is 11.4. The summed E-state index contributed by atoms with van der Waals surface area (Å²) in [6.07, 6.45) is 2.60. The van der Waals surface area contributed by atoms with Crippen molar-refractivity contribution in [3.63, 3.8) is 0 Å². The lowest BCUT2D eigenvalue weighted by molar-refractivity contribution is -0.228. The van der Waals surface area contributed by atoms with Crippen LogP contribution in [-0.4, -0.2) is 39.1 Å². The number of rotatable bonds is 4. The molecule has 4 nitrogen and oxygen atoms in total. The SMILES string of the molecule is CC(F)(c1ccc2c(c1)CCC1N(C(=O)C3CCc4cncn4C3)CCC21Cc1ccc(Cl)cc1)C(F)(F)F. The van der Waals surface area contributed by atoms with Gasteiger partial charge >= 0.3 is 6.18 Å². The van der Waals surface area contributed by atoms with Crippen molar-refractivity contribution in [3.05, 3.63) is 88.0 Å². The van der Waals surface area contributed by atoms with Crippen LogP contribution >= 0.6 is 11.6 Å². The number of aromatic nitrogens is 2. The molecule has 3 heterocycles. The number of amides is 1. The lowest BCUT2D eigenvalue weighted by Crippen LogP contribution is -2.51. The molecule has 2 aromatic carbocycles. The minimum absolute atomic E-state index is 0.0948. The molecule has 1 aromatic heterocycles. The summed E-state index contributed by atoms with van der Waals surface area (Å²) in [7, 11) is 0. The third kappa shape index (κ3) is 4.35. The number of alkyl halides is 4. The fourth-order valence-corrected chi connectivity index (χ4v) is 7.19. The normalized spacial score (nSPS) is 25.9. The Labute approximate surface area is 230 Å². The van der Waals surface area contributed by atoms with Crippen LogP contribution in [0.5, 0.6) is 0 Å². The van der Waals surface area contributed by atoms with E-state index in [0.29, 0.717) is 50.7 Å². The largest absolute Gasteiger partial charge is 0.426 e. The number of carbonyl (C=O) groups excluding carboxylic acids is 1. The number of fused-ring (bicyclic) bond motifs is 4. The Morgan fingerprint density at radius 1 is 1.10 bits per heavy atom. The van der Waals surface area contributed by atoms with E-state index in [1.54, 1.807) is 12.4 Å². The van der Waals surface area contributed by atoms with E-state index in [1.165, 1.54) is 12.1 Å². The molecule has 206 valence electrons. The Kier molecular flexibility index (Phi) is 6.32. The van der Waals surface area contributed by atoms with Crippen LogP contribution in [0.2, 0.25) is 5.02 Å². The second-order valence-corrected chi connectivity index (χ2v) is 11.9. The van der Waals surface area contributed by atoms with Crippen molar-refractivity contribution in [1.29, 1.82) is 0 Å². The van der Waals surface area contributed by atoms with Crippen LogP contribution in [0.4, 0.5) is 17.6 Å². The Balaban J connectivity index is 1.37. The summed E-state index contributed by atoms with van der Waals surface area (Å²) in [4.78, 5) is 20.2. The first kappa shape index (κ1) is 26.4. The number of carbonyl (C=O) groups is 1. The molecule has 1 aliphatic carbocycles. The molecule has 3 aromatic rings. The van der Waals surface area contributed by atoms with E-state index in [1.807, 2.05) is 35.4 Å². The van der Waals surface area contributed by atoms with Crippen LogP contribution < -0.4 is 0 Å². The van der Waals surface area contributed by atoms with Gasteiger partial charge in [0.05, 0.1) is 12.2 Å². The maximum atomic E-state index is 14.9. The smallest absolute Gasteiger partial charge is 0.338 e. The summed E-state index contributed by atoms with van der Waals surface area (Å²) in [5.74, 6) is -0.00774. The summed E-state index contributed by atoms with van der Waals surface area (Å²) >= 11 is 6.13. The van der Waals surface area contributed by atoms with E-state index >= 15 is 0 Å². The minimum Gasteiger partial charge on any atom is -0.338 e. The molecule has 4 unspecified atom stereocenters. The summed E-state index contributed by atoms with van der Waals surface area (Å²) in [5, 5.41) is 0.621. The van der Waals surface area contributed by atoms with Crippen LogP contribution in [0.3, 0.4) is 0 Å². The minimum atomic E-state index is -5.01. The number of halogens is 5. The zero-order valence-corrected chi connectivity index (χ0v) is 22.4. The molecule has 0 bridgehead atoms. The summed E-state index contributed by atoms with van der Waals surface area (Å²) < 4.78 is 57.5. The van der Waals surface area contributed by atoms with Crippen LogP contribution in [0.25, 0.3) is 0 Å². The molecule has 39 heavy (non-hydrogen) atoms. The van der Waals surface area contributed by atoms with Crippen molar-refractivity contribution in [1.82, 2.24) is 14.5 Å². The second kappa shape index (κ2) is 9.36. The quantitative estimate of drug-likeness (QED) is 0.339. The van der Waals surface area contributed by atoms with Crippen molar-refractivity contribution in [2.45, 2.75) is 75.3 Å². The van der Waals surface area contributed by atoms with E-state index in [0.717, 1.165) is 35.2 Å². The molecule has 0 N–H and O–H groups in total. The molecule has 0 spiro atoms. The van der Waals surface area contributed by atoms with Crippen molar-refractivity contribution in [2.75, 3.05) is 6.54 Å². The van der Waals surface area contributed by atoms with Gasteiger partial charge in [-0.2, -0.15) is 13.2 Å². The van der Waals surface area contributed by atoms with E-state index in [2.05, 4.69) is 9.55 Å². The summed E-state index contributed by atoms with van der Waals surface area (Å²) in [5.41, 5.74) is -0.450. The van der Waals surface area contributed by atoms with Gasteiger partial charge in [0.1, 0.15) is 0 Å². The van der Waals surface area contributed by atoms with Crippen LogP contribution in [0.1, 0.15) is 54.1 Å². The van der Waals surface area contributed by atoms with Crippen molar-refractivity contribution < 1.29 is 22.4 Å². The monoisotopic (exact) mass is 559 g/mol. The lowest BCUT2D eigenvalue weighted by atomic mass is 9.63. The lowest BCUT2D eigenvalue weighted by Gasteiger charge is -2.44. The van der Waals surface area contributed by atoms with Crippen molar-refractivity contribution in [2.24, 2.45) is 5.92 Å². The molecular weight excluding hydrogens is 530 g/mol. The van der Waals surface area contributed by atoms with Crippen molar-refractivity contribution >= 4 is 17.5 Å². The molecule has 1 saturated heterocycles. The van der Waals surface area contributed by atoms with E-state index in [-0.39, 0.29) is 23.4 Å². The molecular formula is C30H30ClF4N3O. The number of hydrogen-bond acceptors (Lipinski definition) is 2. The molecule has 6 rings (SSSR count). The van der Waals surface area contributed by atoms with Crippen LogP contribution in [-0.2, 0) is 41.7 Å². The molecule has 3 aliphatic rings. The van der Waals surface area contributed by atoms with Gasteiger partial charge in [0.2, 0.25) is 11.6 Å². The predicted molar refractivity (Wildman–Crippen MR) is 140 cm³/mol. The van der Waals surface area contributed by atoms with Crippen LogP contribution in [0, 0.1) is 5.92 Å². The highest BCUT2D eigenvalue weighted by atomic mass is 35.5. The molecule has 9 heteroatoms. The first-order chi connectivity index (χ1) is 18.5. The van der Waals surface area contributed by atoms with Gasteiger partial charge in [0.25, 0.3) is 0 Å². The standard InChI is InChI=1S/C30H30ClF4N3O/c1-28(32,30(33,34)35)22-6-10-25-20(14-22)5-11-26-29(25,15-19-2-7-23(31)8-3-19)12-13-38(26)27(39)21-4-9-24-16-36-18-37(24)17-21/h2-3,6-8,10,14,16,18,21,26H,4-5,9,11-13,15,17H2,1H3. The van der Waals surface area contributed by atoms with Gasteiger partial charge in [0, 0.05) is 41.5 Å². The molecule has 1 fully saturated rings. The average Bonchev–Trinajstić information content (AvgIpc) is 3.53. The fourth-order valence-electron chi connectivity index (χ4n) is 7.06. The maximum Gasteiger partial charge on any atom is 0.426 e. The van der Waals surface area contributed by atoms with Gasteiger partial charge in [-0.15, -0.1) is 0 Å². The maximum absolute atomic E-state index is 14.9. The predicted octanol–water partition coefficient (Wildman–Crippen LogP) is 6.57.